The molecule has 0 bridgehead atoms. The number of imide groups is 1. The number of nitrogens with two attached hydrogens (primary N) is 2. The number of nitrogens with zero attached hydrogens (tertiary/aromatic N) is 1. The van der Waals surface area contributed by atoms with Crippen molar-refractivity contribution in [1.29, 1.82) is 0 Å². The molecule has 18 heavy (non-hydrogen) atoms. The lowest BCUT2D eigenvalue weighted by molar-refractivity contribution is -0.121. The number of carbonyl (C=O) groups excluding carboxylic acids is 2. The highest BCUT2D eigenvalue weighted by atomic mass is 16.2. The van der Waals surface area contributed by atoms with Gasteiger partial charge in [-0.1, -0.05) is 24.6 Å². The molecule has 0 fully saturated rings. The summed E-state index contributed by atoms with van der Waals surface area (Å²) in [5, 5.41) is 3.49. The van der Waals surface area contributed by atoms with Crippen LogP contribution in [0.25, 0.3) is 0 Å². The second-order valence-electron chi connectivity index (χ2n) is 4.01. The van der Waals surface area contributed by atoms with E-state index >= 15 is 0 Å². The average molecular weight is 248 g/mol. The molecule has 0 aliphatic carbocycles. The van der Waals surface area contributed by atoms with Gasteiger partial charge in [0.25, 0.3) is 11.8 Å². The highest BCUT2D eigenvalue weighted by Crippen LogP contribution is 2.02. The number of carbonyl (C=O) groups is 2. The highest BCUT2D eigenvalue weighted by molar-refractivity contribution is 6.05. The predicted octanol–water partition coefficient (Wildman–Crippen LogP) is 0.414. The number of hydrogen-bond acceptors (Lipinski definition) is 4. The fourth-order valence-corrected chi connectivity index (χ4v) is 1.46. The molecule has 5 nitrogen and oxygen atoms in total. The topological polar surface area (TPSA) is 100 Å². The minimum absolute atomic E-state index is 0.389. The fraction of sp³-hybridized carbons (Fsp3) is 0.385. The van der Waals surface area contributed by atoms with Crippen LogP contribution >= 0.6 is 0 Å². The number of unbranched alkanes of at least 4 members (excludes halogenated alkanes) is 1. The predicted molar refractivity (Wildman–Crippen MR) is 68.8 cm³/mol. The number of hydrogen-bond donors (Lipinski definition) is 2. The number of rotatable bonds is 6. The fourth-order valence-electron chi connectivity index (χ4n) is 1.46. The Morgan fingerprint density at radius 1 is 1.17 bits per heavy atom. The lowest BCUT2D eigenvalue weighted by Gasteiger charge is -2.08. The standard InChI is InChI=1S/C13H18N3O2/c14-9-5-4-8-11(15)13(18)16-12(17)10-6-2-1-3-7-10/h1-3,6-7,11H,4-5,8-9,14-15H2/t11-/m0/s1. The van der Waals surface area contributed by atoms with Crippen molar-refractivity contribution in [2.24, 2.45) is 11.5 Å². The molecule has 5 heteroatoms. The van der Waals surface area contributed by atoms with Gasteiger partial charge in [0.2, 0.25) is 0 Å². The number of amides is 2. The molecule has 0 saturated carbocycles. The van der Waals surface area contributed by atoms with Crippen LogP contribution in [0, 0.1) is 0 Å². The van der Waals surface area contributed by atoms with Crippen LogP contribution in [0.5, 0.6) is 0 Å². The molecule has 1 rings (SSSR count). The van der Waals surface area contributed by atoms with Gasteiger partial charge in [0.05, 0.1) is 6.04 Å². The molecule has 1 atom stereocenters. The summed E-state index contributed by atoms with van der Waals surface area (Å²) in [6.45, 7) is 0.570. The first-order valence-corrected chi connectivity index (χ1v) is 5.95. The van der Waals surface area contributed by atoms with Crippen molar-refractivity contribution < 1.29 is 9.59 Å². The Morgan fingerprint density at radius 2 is 1.83 bits per heavy atom. The zero-order chi connectivity index (χ0) is 13.4. The number of benzene rings is 1. The van der Waals surface area contributed by atoms with E-state index in [-0.39, 0.29) is 0 Å². The van der Waals surface area contributed by atoms with E-state index in [9.17, 15) is 9.59 Å². The van der Waals surface area contributed by atoms with E-state index in [2.05, 4.69) is 5.32 Å². The Morgan fingerprint density at radius 3 is 2.44 bits per heavy atom. The minimum Gasteiger partial charge on any atom is -0.330 e. The molecule has 0 saturated heterocycles. The van der Waals surface area contributed by atoms with Crippen molar-refractivity contribution in [3.8, 4) is 0 Å². The zero-order valence-electron chi connectivity index (χ0n) is 10.2. The maximum Gasteiger partial charge on any atom is 0.280 e. The molecule has 2 amide bonds. The van der Waals surface area contributed by atoms with E-state index in [1.165, 1.54) is 0 Å². The third-order valence-corrected chi connectivity index (χ3v) is 2.52. The molecule has 0 aliphatic rings. The van der Waals surface area contributed by atoms with Gasteiger partial charge >= 0.3 is 0 Å². The van der Waals surface area contributed by atoms with E-state index in [0.29, 0.717) is 18.5 Å². The van der Waals surface area contributed by atoms with Crippen LogP contribution < -0.4 is 16.8 Å². The Kier molecular flexibility index (Phi) is 6.04. The molecule has 0 unspecified atom stereocenters. The van der Waals surface area contributed by atoms with Crippen molar-refractivity contribution in [2.75, 3.05) is 6.54 Å². The van der Waals surface area contributed by atoms with E-state index in [0.717, 1.165) is 12.8 Å². The second-order valence-corrected chi connectivity index (χ2v) is 4.01. The summed E-state index contributed by atoms with van der Waals surface area (Å²) < 4.78 is 0. The van der Waals surface area contributed by atoms with Crippen LogP contribution in [0.1, 0.15) is 29.6 Å². The van der Waals surface area contributed by atoms with Gasteiger partial charge in [0, 0.05) is 5.56 Å². The Balaban J connectivity index is 2.42. The van der Waals surface area contributed by atoms with E-state index in [1.54, 1.807) is 30.3 Å². The molecular weight excluding hydrogens is 230 g/mol. The first-order valence-electron chi connectivity index (χ1n) is 5.95. The van der Waals surface area contributed by atoms with Crippen LogP contribution in [0.4, 0.5) is 0 Å². The SMILES string of the molecule is NCCCC[C@H](N)C(=O)[N]C(=O)c1ccccc1. The first kappa shape index (κ1) is 14.3. The zero-order valence-corrected chi connectivity index (χ0v) is 10.2. The maximum atomic E-state index is 11.6. The quantitative estimate of drug-likeness (QED) is 0.712. The summed E-state index contributed by atoms with van der Waals surface area (Å²) in [5.41, 5.74) is 11.4. The van der Waals surface area contributed by atoms with Gasteiger partial charge in [-0.2, -0.15) is 5.32 Å². The maximum absolute atomic E-state index is 11.6. The molecule has 4 N–H and O–H groups in total. The van der Waals surface area contributed by atoms with Crippen molar-refractivity contribution >= 4 is 11.8 Å². The third kappa shape index (κ3) is 4.65. The largest absolute Gasteiger partial charge is 0.330 e. The van der Waals surface area contributed by atoms with E-state index in [4.69, 9.17) is 11.5 Å². The molecule has 97 valence electrons. The first-order chi connectivity index (χ1) is 8.65. The highest BCUT2D eigenvalue weighted by Gasteiger charge is 2.18. The van der Waals surface area contributed by atoms with Crippen molar-refractivity contribution in [3.63, 3.8) is 0 Å². The average Bonchev–Trinajstić information content (AvgIpc) is 2.39. The van der Waals surface area contributed by atoms with Crippen LogP contribution in [0.3, 0.4) is 0 Å². The van der Waals surface area contributed by atoms with Gasteiger partial charge in [-0.25, -0.2) is 0 Å². The molecule has 1 aromatic rings. The molecular formula is C13H18N3O2. The van der Waals surface area contributed by atoms with Crippen molar-refractivity contribution in [3.05, 3.63) is 35.9 Å². The molecule has 1 aromatic carbocycles. The van der Waals surface area contributed by atoms with Crippen molar-refractivity contribution in [2.45, 2.75) is 25.3 Å². The normalized spacial score (nSPS) is 11.9. The van der Waals surface area contributed by atoms with Crippen LogP contribution in [0.15, 0.2) is 30.3 Å². The Hall–Kier alpha value is -1.72. The van der Waals surface area contributed by atoms with Gasteiger partial charge in [-0.3, -0.25) is 9.59 Å². The van der Waals surface area contributed by atoms with Crippen LogP contribution in [0.2, 0.25) is 0 Å². The monoisotopic (exact) mass is 248 g/mol. The van der Waals surface area contributed by atoms with Crippen LogP contribution in [-0.4, -0.2) is 24.4 Å². The van der Waals surface area contributed by atoms with Gasteiger partial charge in [-0.15, -0.1) is 0 Å². The van der Waals surface area contributed by atoms with Gasteiger partial charge in [0.15, 0.2) is 0 Å². The summed E-state index contributed by atoms with van der Waals surface area (Å²) in [5.74, 6) is -1.12. The molecule has 1 radical (unpaired) electrons. The third-order valence-electron chi connectivity index (χ3n) is 2.52. The van der Waals surface area contributed by atoms with Gasteiger partial charge in [-0.05, 0) is 31.5 Å². The summed E-state index contributed by atoms with van der Waals surface area (Å²) in [7, 11) is 0. The smallest absolute Gasteiger partial charge is 0.280 e. The van der Waals surface area contributed by atoms with Crippen molar-refractivity contribution in [1.82, 2.24) is 5.32 Å². The Labute approximate surface area is 107 Å². The molecule has 0 aliphatic heterocycles. The second kappa shape index (κ2) is 7.58. The van der Waals surface area contributed by atoms with E-state index < -0.39 is 17.9 Å². The molecule has 0 aromatic heterocycles. The van der Waals surface area contributed by atoms with Gasteiger partial charge in [0.1, 0.15) is 0 Å². The van der Waals surface area contributed by atoms with Gasteiger partial charge < -0.3 is 11.5 Å². The lowest BCUT2D eigenvalue weighted by Crippen LogP contribution is -2.39. The summed E-state index contributed by atoms with van der Waals surface area (Å²) in [6, 6.07) is 7.72. The minimum atomic E-state index is -0.718. The summed E-state index contributed by atoms with van der Waals surface area (Å²) >= 11 is 0. The van der Waals surface area contributed by atoms with Crippen LogP contribution in [-0.2, 0) is 4.79 Å². The molecule has 0 spiro atoms. The Bertz CT molecular complexity index is 392. The van der Waals surface area contributed by atoms with E-state index in [1.807, 2.05) is 0 Å². The molecule has 0 heterocycles. The summed E-state index contributed by atoms with van der Waals surface area (Å²) in [6.07, 6.45) is 2.08. The summed E-state index contributed by atoms with van der Waals surface area (Å²) in [4.78, 5) is 23.2. The lowest BCUT2D eigenvalue weighted by atomic mass is 10.1.